The zero-order valence-corrected chi connectivity index (χ0v) is 13.3. The van der Waals surface area contributed by atoms with E-state index in [1.807, 2.05) is 31.2 Å². The van der Waals surface area contributed by atoms with Gasteiger partial charge < -0.3 is 4.74 Å². The van der Waals surface area contributed by atoms with Gasteiger partial charge in [0.25, 0.3) is 0 Å². The molecule has 0 aliphatic carbocycles. The van der Waals surface area contributed by atoms with Crippen molar-refractivity contribution in [2.45, 2.75) is 17.9 Å². The summed E-state index contributed by atoms with van der Waals surface area (Å²) in [4.78, 5) is 0.175. The van der Waals surface area contributed by atoms with E-state index in [0.29, 0.717) is 5.75 Å². The Kier molecular flexibility index (Phi) is 4.34. The quantitative estimate of drug-likeness (QED) is 0.845. The van der Waals surface area contributed by atoms with Crippen molar-refractivity contribution in [1.29, 1.82) is 0 Å². The monoisotopic (exact) mass is 309 g/mol. The average Bonchev–Trinajstić information content (AvgIpc) is 2.93. The molecule has 7 heteroatoms. The van der Waals surface area contributed by atoms with E-state index in [-0.39, 0.29) is 10.9 Å². The lowest BCUT2D eigenvalue weighted by atomic mass is 10.1. The van der Waals surface area contributed by atoms with E-state index in [1.165, 1.54) is 21.4 Å². The maximum atomic E-state index is 12.6. The van der Waals surface area contributed by atoms with Crippen LogP contribution in [0.25, 0.3) is 0 Å². The van der Waals surface area contributed by atoms with Crippen LogP contribution in [0.15, 0.2) is 41.6 Å². The molecule has 1 aromatic heterocycles. The molecule has 0 N–H and O–H groups in total. The van der Waals surface area contributed by atoms with Gasteiger partial charge in [0.1, 0.15) is 10.6 Å². The van der Waals surface area contributed by atoms with E-state index >= 15 is 0 Å². The third kappa shape index (κ3) is 2.93. The first-order valence-electron chi connectivity index (χ1n) is 6.47. The van der Waals surface area contributed by atoms with E-state index in [4.69, 9.17) is 4.74 Å². The molecule has 0 saturated heterocycles. The highest BCUT2D eigenvalue weighted by atomic mass is 32.2. The number of hydrogen-bond donors (Lipinski definition) is 0. The Hall–Kier alpha value is -1.86. The molecule has 0 radical (unpaired) electrons. The van der Waals surface area contributed by atoms with Crippen molar-refractivity contribution >= 4 is 10.0 Å². The van der Waals surface area contributed by atoms with Crippen LogP contribution < -0.4 is 4.74 Å². The second kappa shape index (κ2) is 5.87. The molecule has 0 bridgehead atoms. The van der Waals surface area contributed by atoms with Crippen LogP contribution in [0.3, 0.4) is 0 Å². The smallest absolute Gasteiger partial charge is 0.246 e. The Morgan fingerprint density at radius 1 is 1.33 bits per heavy atom. The van der Waals surface area contributed by atoms with Gasteiger partial charge in [0.15, 0.2) is 0 Å². The number of aromatic nitrogens is 2. The van der Waals surface area contributed by atoms with E-state index in [9.17, 15) is 8.42 Å². The van der Waals surface area contributed by atoms with Gasteiger partial charge in [0, 0.05) is 25.9 Å². The predicted octanol–water partition coefficient (Wildman–Crippen LogP) is 1.81. The van der Waals surface area contributed by atoms with Crippen LogP contribution in [-0.4, -0.2) is 36.7 Å². The first-order chi connectivity index (χ1) is 9.87. The fourth-order valence-electron chi connectivity index (χ4n) is 2.11. The van der Waals surface area contributed by atoms with Crippen molar-refractivity contribution in [3.8, 4) is 5.75 Å². The summed E-state index contributed by atoms with van der Waals surface area (Å²) >= 11 is 0. The highest BCUT2D eigenvalue weighted by Crippen LogP contribution is 2.31. The highest BCUT2D eigenvalue weighted by molar-refractivity contribution is 7.89. The molecule has 0 saturated carbocycles. The fourth-order valence-corrected chi connectivity index (χ4v) is 3.44. The first-order valence-corrected chi connectivity index (χ1v) is 7.91. The molecule has 0 aliphatic heterocycles. The number of rotatable bonds is 5. The van der Waals surface area contributed by atoms with Crippen LogP contribution in [0, 0.1) is 0 Å². The number of nitrogens with zero attached hydrogens (tertiary/aromatic N) is 3. The van der Waals surface area contributed by atoms with Crippen LogP contribution in [-0.2, 0) is 17.1 Å². The molecule has 6 nitrogen and oxygen atoms in total. The minimum atomic E-state index is -3.60. The maximum Gasteiger partial charge on any atom is 0.246 e. The predicted molar refractivity (Wildman–Crippen MR) is 79.6 cm³/mol. The lowest BCUT2D eigenvalue weighted by molar-refractivity contribution is 0.367. The number of ether oxygens (including phenoxy) is 1. The minimum Gasteiger partial charge on any atom is -0.496 e. The summed E-state index contributed by atoms with van der Waals surface area (Å²) < 4.78 is 33.3. The second-order valence-electron chi connectivity index (χ2n) is 4.79. The molecule has 2 rings (SSSR count). The minimum absolute atomic E-state index is 0.175. The molecule has 1 atom stereocenters. The number of benzene rings is 1. The molecule has 0 fully saturated rings. The van der Waals surface area contributed by atoms with Crippen LogP contribution >= 0.6 is 0 Å². The van der Waals surface area contributed by atoms with Crippen LogP contribution in [0.5, 0.6) is 5.75 Å². The molecule has 1 heterocycles. The third-order valence-electron chi connectivity index (χ3n) is 3.49. The van der Waals surface area contributed by atoms with Crippen molar-refractivity contribution < 1.29 is 13.2 Å². The summed E-state index contributed by atoms with van der Waals surface area (Å²) in [6, 6.07) is 7.03. The van der Waals surface area contributed by atoms with Gasteiger partial charge in [-0.1, -0.05) is 18.2 Å². The van der Waals surface area contributed by atoms with E-state index in [1.54, 1.807) is 21.2 Å². The lowest BCUT2D eigenvalue weighted by Crippen LogP contribution is -2.29. The standard InChI is InChI=1S/C14H19N3O3S/c1-11(13-7-5-6-8-14(13)20-4)17(3)21(18,19)12-9-15-16(2)10-12/h5-11H,1-4H3/t11-/m0/s1. The second-order valence-corrected chi connectivity index (χ2v) is 6.79. The summed E-state index contributed by atoms with van der Waals surface area (Å²) in [5, 5.41) is 3.92. The topological polar surface area (TPSA) is 64.4 Å². The highest BCUT2D eigenvalue weighted by Gasteiger charge is 2.28. The molecule has 1 aromatic carbocycles. The van der Waals surface area contributed by atoms with Crippen LogP contribution in [0.2, 0.25) is 0 Å². The summed E-state index contributed by atoms with van der Waals surface area (Å²) in [6.07, 6.45) is 2.83. The maximum absolute atomic E-state index is 12.6. The summed E-state index contributed by atoms with van der Waals surface area (Å²) in [7, 11) is 1.21. The van der Waals surface area contributed by atoms with Crippen molar-refractivity contribution in [3.05, 3.63) is 42.2 Å². The van der Waals surface area contributed by atoms with Crippen LogP contribution in [0.1, 0.15) is 18.5 Å². The Morgan fingerprint density at radius 2 is 2.00 bits per heavy atom. The van der Waals surface area contributed by atoms with Crippen molar-refractivity contribution in [3.63, 3.8) is 0 Å². The van der Waals surface area contributed by atoms with E-state index in [0.717, 1.165) is 5.56 Å². The number of sulfonamides is 1. The van der Waals surface area contributed by atoms with Gasteiger partial charge in [-0.25, -0.2) is 8.42 Å². The first kappa shape index (κ1) is 15.5. The Morgan fingerprint density at radius 3 is 2.57 bits per heavy atom. The lowest BCUT2D eigenvalue weighted by Gasteiger charge is -2.25. The van der Waals surface area contributed by atoms with Crippen molar-refractivity contribution in [2.24, 2.45) is 7.05 Å². The largest absolute Gasteiger partial charge is 0.496 e. The van der Waals surface area contributed by atoms with Gasteiger partial charge in [0.2, 0.25) is 10.0 Å². The van der Waals surface area contributed by atoms with Crippen LogP contribution in [0.4, 0.5) is 0 Å². The van der Waals surface area contributed by atoms with Gasteiger partial charge in [-0.05, 0) is 13.0 Å². The van der Waals surface area contributed by atoms with Gasteiger partial charge >= 0.3 is 0 Å². The molecular formula is C14H19N3O3S. The zero-order valence-electron chi connectivity index (χ0n) is 12.5. The molecule has 21 heavy (non-hydrogen) atoms. The molecule has 114 valence electrons. The molecular weight excluding hydrogens is 290 g/mol. The molecule has 0 aliphatic rings. The summed E-state index contributed by atoms with van der Waals surface area (Å²) in [5.41, 5.74) is 0.815. The van der Waals surface area contributed by atoms with E-state index < -0.39 is 10.0 Å². The third-order valence-corrected chi connectivity index (χ3v) is 5.37. The van der Waals surface area contributed by atoms with Gasteiger partial charge in [0.05, 0.1) is 19.3 Å². The Balaban J connectivity index is 2.37. The van der Waals surface area contributed by atoms with E-state index in [2.05, 4.69) is 5.10 Å². The summed E-state index contributed by atoms with van der Waals surface area (Å²) in [5.74, 6) is 0.665. The molecule has 2 aromatic rings. The number of hydrogen-bond acceptors (Lipinski definition) is 4. The normalized spacial score (nSPS) is 13.4. The Labute approximate surface area is 125 Å². The summed E-state index contributed by atoms with van der Waals surface area (Å²) in [6.45, 7) is 1.83. The number of para-hydroxylation sites is 1. The van der Waals surface area contributed by atoms with Gasteiger partial charge in [-0.3, -0.25) is 4.68 Å². The molecule has 0 spiro atoms. The van der Waals surface area contributed by atoms with Crippen molar-refractivity contribution in [1.82, 2.24) is 14.1 Å². The SMILES string of the molecule is COc1ccccc1[C@H](C)N(C)S(=O)(=O)c1cnn(C)c1. The zero-order chi connectivity index (χ0) is 15.6. The molecule has 0 amide bonds. The van der Waals surface area contributed by atoms with Gasteiger partial charge in [-0.15, -0.1) is 0 Å². The van der Waals surface area contributed by atoms with Gasteiger partial charge in [-0.2, -0.15) is 9.40 Å². The average molecular weight is 309 g/mol. The molecule has 0 unspecified atom stereocenters. The number of aryl methyl sites for hydroxylation is 1. The number of methoxy groups -OCH3 is 1. The Bertz CT molecular complexity index is 725. The fraction of sp³-hybridized carbons (Fsp3) is 0.357. The van der Waals surface area contributed by atoms with Crippen molar-refractivity contribution in [2.75, 3.05) is 14.2 Å².